The Morgan fingerprint density at radius 1 is 0.297 bits per heavy atom. The monoisotopic (exact) mass is 930 g/mol. The van der Waals surface area contributed by atoms with Crippen molar-refractivity contribution in [2.45, 2.75) is 35.5 Å². The molecule has 0 aliphatic rings. The standard InChI is InChI=1S/C42H14F20O2/c43-29-25(15-9-11-23-19(13-15)17-5-1-3-7-21(17)63-23)30(44)34(48)27(33(29)47)37(51,52)39(55,56)41(59,60)42(61,62)40(57,58)38(53,54)28-35(49)31(45)26(32(46)36(28)50)16-10-12-24-20(14-16)18-6-2-4-8-22(18)64-24/h1-14H. The molecule has 2 aromatic heterocycles. The van der Waals surface area contributed by atoms with Crippen LogP contribution in [-0.2, 0) is 11.8 Å². The van der Waals surface area contributed by atoms with Gasteiger partial charge in [0.25, 0.3) is 0 Å². The molecule has 0 atom stereocenters. The summed E-state index contributed by atoms with van der Waals surface area (Å²) in [6.07, 6.45) is 0. The number of hydrogen-bond donors (Lipinski definition) is 0. The second-order valence-corrected chi connectivity index (χ2v) is 14.1. The van der Waals surface area contributed by atoms with Crippen molar-refractivity contribution < 1.29 is 96.6 Å². The van der Waals surface area contributed by atoms with Gasteiger partial charge in [0.15, 0.2) is 46.5 Å². The normalized spacial score (nSPS) is 13.6. The van der Waals surface area contributed by atoms with Crippen molar-refractivity contribution in [2.24, 2.45) is 0 Å². The Morgan fingerprint density at radius 2 is 0.578 bits per heavy atom. The lowest BCUT2D eigenvalue weighted by Gasteiger charge is -2.41. The minimum atomic E-state index is -8.79. The Kier molecular flexibility index (Phi) is 9.66. The van der Waals surface area contributed by atoms with E-state index in [1.165, 1.54) is 48.5 Å². The molecule has 0 fully saturated rings. The fourth-order valence-electron chi connectivity index (χ4n) is 7.19. The fourth-order valence-corrected chi connectivity index (χ4v) is 7.19. The molecule has 0 N–H and O–H groups in total. The summed E-state index contributed by atoms with van der Waals surface area (Å²) < 4.78 is 315. The number of alkyl halides is 12. The number of fused-ring (bicyclic) bond motifs is 6. The molecule has 22 heteroatoms. The maximum atomic E-state index is 15.3. The summed E-state index contributed by atoms with van der Waals surface area (Å²) in [4.78, 5) is 0. The van der Waals surface area contributed by atoms with E-state index in [9.17, 15) is 0 Å². The van der Waals surface area contributed by atoms with Gasteiger partial charge in [-0.2, -0.15) is 52.7 Å². The van der Waals surface area contributed by atoms with E-state index in [2.05, 4.69) is 0 Å². The van der Waals surface area contributed by atoms with Crippen LogP contribution in [0.3, 0.4) is 0 Å². The zero-order valence-corrected chi connectivity index (χ0v) is 30.5. The molecule has 8 rings (SSSR count). The Balaban J connectivity index is 1.19. The quantitative estimate of drug-likeness (QED) is 0.106. The molecule has 2 heterocycles. The largest absolute Gasteiger partial charge is 0.456 e. The number of hydrogen-bond acceptors (Lipinski definition) is 2. The first-order chi connectivity index (χ1) is 29.6. The van der Waals surface area contributed by atoms with Gasteiger partial charge in [-0.15, -0.1) is 0 Å². The van der Waals surface area contributed by atoms with Crippen molar-refractivity contribution in [3.63, 3.8) is 0 Å². The molecule has 334 valence electrons. The summed E-state index contributed by atoms with van der Waals surface area (Å²) in [5.74, 6) is -77.4. The van der Waals surface area contributed by atoms with Gasteiger partial charge >= 0.3 is 35.5 Å². The van der Waals surface area contributed by atoms with Crippen LogP contribution in [-0.4, -0.2) is 23.7 Å². The first kappa shape index (κ1) is 44.1. The molecule has 0 aliphatic heterocycles. The number of benzene rings is 6. The third-order valence-electron chi connectivity index (χ3n) is 10.5. The molecule has 64 heavy (non-hydrogen) atoms. The fraction of sp³-hybridized carbons (Fsp3) is 0.143. The molecule has 0 amide bonds. The number of rotatable bonds is 9. The lowest BCUT2D eigenvalue weighted by Crippen LogP contribution is -2.69. The maximum absolute atomic E-state index is 15.3. The minimum absolute atomic E-state index is 0.0599. The molecular weight excluding hydrogens is 916 g/mol. The molecule has 0 unspecified atom stereocenters. The second kappa shape index (κ2) is 14.0. The average molecular weight is 931 g/mol. The average Bonchev–Trinajstić information content (AvgIpc) is 3.80. The van der Waals surface area contributed by atoms with Crippen LogP contribution in [0.4, 0.5) is 87.8 Å². The summed E-state index contributed by atoms with van der Waals surface area (Å²) in [5, 5.41) is 0.195. The van der Waals surface area contributed by atoms with E-state index < -0.39 is 115 Å². The lowest BCUT2D eigenvalue weighted by molar-refractivity contribution is -0.430. The third-order valence-corrected chi connectivity index (χ3v) is 10.5. The summed E-state index contributed by atoms with van der Waals surface area (Å²) >= 11 is 0. The van der Waals surface area contributed by atoms with Gasteiger partial charge in [0.05, 0.1) is 11.1 Å². The molecule has 0 saturated heterocycles. The SMILES string of the molecule is Fc1c(F)c(C(F)(F)C(F)(F)C(F)(F)C(F)(F)C(F)(F)C(F)(F)c2c(F)c(F)c(-c3ccc4oc5ccccc5c4c3)c(F)c2F)c(F)c(F)c1-c1ccc2oc3ccccc3c2c1. The first-order valence-electron chi connectivity index (χ1n) is 17.5. The van der Waals surface area contributed by atoms with Gasteiger partial charge in [0, 0.05) is 21.5 Å². The highest BCUT2D eigenvalue weighted by atomic mass is 19.4. The predicted molar refractivity (Wildman–Crippen MR) is 186 cm³/mol. The van der Waals surface area contributed by atoms with E-state index >= 15 is 87.8 Å². The number of furan rings is 2. The van der Waals surface area contributed by atoms with E-state index in [-0.39, 0.29) is 43.9 Å². The van der Waals surface area contributed by atoms with Crippen LogP contribution in [0.5, 0.6) is 0 Å². The van der Waals surface area contributed by atoms with Crippen LogP contribution in [0.15, 0.2) is 93.8 Å². The van der Waals surface area contributed by atoms with E-state index in [0.29, 0.717) is 12.1 Å². The van der Waals surface area contributed by atoms with Crippen molar-refractivity contribution in [3.8, 4) is 22.3 Å². The van der Waals surface area contributed by atoms with Gasteiger partial charge in [-0.05, 0) is 47.5 Å². The van der Waals surface area contributed by atoms with Crippen LogP contribution in [0.25, 0.3) is 66.1 Å². The zero-order valence-electron chi connectivity index (χ0n) is 30.5. The number of halogens is 20. The summed E-state index contributed by atoms with van der Waals surface area (Å²) in [6.45, 7) is 0. The highest BCUT2D eigenvalue weighted by molar-refractivity contribution is 6.07. The van der Waals surface area contributed by atoms with Crippen molar-refractivity contribution >= 4 is 43.9 Å². The van der Waals surface area contributed by atoms with E-state index in [4.69, 9.17) is 8.83 Å². The van der Waals surface area contributed by atoms with E-state index in [1.54, 1.807) is 0 Å². The van der Waals surface area contributed by atoms with E-state index in [0.717, 1.165) is 24.3 Å². The maximum Gasteiger partial charge on any atom is 0.385 e. The zero-order chi connectivity index (χ0) is 47.0. The Labute approximate surface area is 340 Å². The second-order valence-electron chi connectivity index (χ2n) is 14.1. The minimum Gasteiger partial charge on any atom is -0.456 e. The van der Waals surface area contributed by atoms with Gasteiger partial charge in [-0.1, -0.05) is 48.5 Å². The number of para-hydroxylation sites is 2. The smallest absolute Gasteiger partial charge is 0.385 e. The van der Waals surface area contributed by atoms with Gasteiger partial charge in [-0.3, -0.25) is 0 Å². The van der Waals surface area contributed by atoms with Crippen LogP contribution in [0, 0.1) is 46.5 Å². The van der Waals surface area contributed by atoms with Gasteiger partial charge in [-0.25, -0.2) is 35.1 Å². The highest BCUT2D eigenvalue weighted by Gasteiger charge is 2.91. The summed E-state index contributed by atoms with van der Waals surface area (Å²) in [6, 6.07) is 15.7. The third kappa shape index (κ3) is 5.68. The molecule has 0 radical (unpaired) electrons. The summed E-state index contributed by atoms with van der Waals surface area (Å²) in [7, 11) is 0. The molecule has 2 nitrogen and oxygen atoms in total. The molecule has 0 spiro atoms. The van der Waals surface area contributed by atoms with Gasteiger partial charge in [0.1, 0.15) is 33.5 Å². The van der Waals surface area contributed by atoms with Gasteiger partial charge < -0.3 is 8.83 Å². The highest BCUT2D eigenvalue weighted by Crippen LogP contribution is 2.64. The Morgan fingerprint density at radius 3 is 0.891 bits per heavy atom. The molecule has 6 aromatic carbocycles. The molecule has 0 aliphatic carbocycles. The lowest BCUT2D eigenvalue weighted by atomic mass is 9.85. The van der Waals surface area contributed by atoms with Crippen molar-refractivity contribution in [1.82, 2.24) is 0 Å². The van der Waals surface area contributed by atoms with E-state index in [1.807, 2.05) is 0 Å². The van der Waals surface area contributed by atoms with Crippen LogP contribution >= 0.6 is 0 Å². The first-order valence-corrected chi connectivity index (χ1v) is 17.5. The van der Waals surface area contributed by atoms with Crippen LogP contribution < -0.4 is 0 Å². The topological polar surface area (TPSA) is 26.3 Å². The van der Waals surface area contributed by atoms with Crippen LogP contribution in [0.2, 0.25) is 0 Å². The van der Waals surface area contributed by atoms with Crippen LogP contribution in [0.1, 0.15) is 11.1 Å². The summed E-state index contributed by atoms with van der Waals surface area (Å²) in [5.41, 5.74) is -14.1. The molecule has 8 aromatic rings. The van der Waals surface area contributed by atoms with Crippen molar-refractivity contribution in [3.05, 3.63) is 143 Å². The van der Waals surface area contributed by atoms with Crippen molar-refractivity contribution in [2.75, 3.05) is 0 Å². The molecular formula is C42H14F20O2. The molecule has 0 bridgehead atoms. The predicted octanol–water partition coefficient (Wildman–Crippen LogP) is 15.4. The Bertz CT molecular complexity index is 2960. The van der Waals surface area contributed by atoms with Gasteiger partial charge in [0.2, 0.25) is 0 Å². The van der Waals surface area contributed by atoms with Crippen molar-refractivity contribution in [1.29, 1.82) is 0 Å². The Hall–Kier alpha value is -6.48. The molecule has 0 saturated carbocycles.